The van der Waals surface area contributed by atoms with Crippen LogP contribution in [0.3, 0.4) is 0 Å². The second-order valence-corrected chi connectivity index (χ2v) is 1.20. The summed E-state index contributed by atoms with van der Waals surface area (Å²) in [4.78, 5) is 0. The second-order valence-electron chi connectivity index (χ2n) is 1.20. The average molecular weight is 145 g/mol. The van der Waals surface area contributed by atoms with Crippen LogP contribution in [0.2, 0.25) is 0 Å². The predicted molar refractivity (Wildman–Crippen MR) is 28.2 cm³/mol. The Bertz CT molecular complexity index is 37.7. The van der Waals surface area contributed by atoms with E-state index in [1.165, 1.54) is 0 Å². The SMILES string of the molecule is OCCNCCO.[H-].[K+]. The Hall–Kier alpha value is 1.52. The zero-order valence-corrected chi connectivity index (χ0v) is 8.35. The van der Waals surface area contributed by atoms with Gasteiger partial charge in [-0.15, -0.1) is 0 Å². The zero-order chi connectivity index (χ0) is 5.54. The predicted octanol–water partition coefficient (Wildman–Crippen LogP) is -4.32. The van der Waals surface area contributed by atoms with Gasteiger partial charge in [-0.25, -0.2) is 0 Å². The van der Waals surface area contributed by atoms with Crippen LogP contribution < -0.4 is 56.7 Å². The molecule has 0 rings (SSSR count). The van der Waals surface area contributed by atoms with Crippen molar-refractivity contribution >= 4 is 0 Å². The Morgan fingerprint density at radius 3 is 1.75 bits per heavy atom. The van der Waals surface area contributed by atoms with Crippen LogP contribution >= 0.6 is 0 Å². The van der Waals surface area contributed by atoms with Crippen molar-refractivity contribution < 1.29 is 63.0 Å². The van der Waals surface area contributed by atoms with E-state index in [1.807, 2.05) is 0 Å². The first kappa shape index (κ1) is 12.2. The normalized spacial score (nSPS) is 8.25. The Kier molecular flexibility index (Phi) is 17.3. The van der Waals surface area contributed by atoms with Gasteiger partial charge < -0.3 is 17.0 Å². The second kappa shape index (κ2) is 11.3. The maximum Gasteiger partial charge on any atom is 1.00 e. The van der Waals surface area contributed by atoms with Gasteiger partial charge in [-0.2, -0.15) is 0 Å². The smallest absolute Gasteiger partial charge is 1.00 e. The summed E-state index contributed by atoms with van der Waals surface area (Å²) in [5.41, 5.74) is 0. The molecule has 0 amide bonds. The Morgan fingerprint density at radius 1 is 1.12 bits per heavy atom. The fraction of sp³-hybridized carbons (Fsp3) is 1.00. The monoisotopic (exact) mass is 145 g/mol. The molecule has 0 saturated carbocycles. The molecule has 0 aliphatic heterocycles. The van der Waals surface area contributed by atoms with Crippen molar-refractivity contribution in [3.8, 4) is 0 Å². The van der Waals surface area contributed by atoms with Crippen molar-refractivity contribution in [2.45, 2.75) is 0 Å². The largest absolute Gasteiger partial charge is 1.00 e. The Morgan fingerprint density at radius 2 is 1.50 bits per heavy atom. The van der Waals surface area contributed by atoms with E-state index < -0.39 is 0 Å². The fourth-order valence-electron chi connectivity index (χ4n) is 0.283. The molecule has 0 atom stereocenters. The van der Waals surface area contributed by atoms with Gasteiger partial charge in [-0.3, -0.25) is 0 Å². The summed E-state index contributed by atoms with van der Waals surface area (Å²) < 4.78 is 0. The molecular weight excluding hydrogens is 133 g/mol. The summed E-state index contributed by atoms with van der Waals surface area (Å²) in [7, 11) is 0. The van der Waals surface area contributed by atoms with Crippen LogP contribution in [0.15, 0.2) is 0 Å². The molecule has 0 fully saturated rings. The molecule has 4 heteroatoms. The third-order valence-electron chi connectivity index (χ3n) is 0.577. The van der Waals surface area contributed by atoms with Crippen molar-refractivity contribution in [2.24, 2.45) is 0 Å². The fourth-order valence-corrected chi connectivity index (χ4v) is 0.283. The van der Waals surface area contributed by atoms with Crippen LogP contribution in [0.4, 0.5) is 0 Å². The minimum absolute atomic E-state index is 0. The van der Waals surface area contributed by atoms with E-state index >= 15 is 0 Å². The number of hydrogen-bond acceptors (Lipinski definition) is 3. The van der Waals surface area contributed by atoms with Crippen molar-refractivity contribution in [1.29, 1.82) is 0 Å². The van der Waals surface area contributed by atoms with Crippen molar-refractivity contribution in [3.05, 3.63) is 0 Å². The van der Waals surface area contributed by atoms with Crippen LogP contribution in [-0.4, -0.2) is 36.5 Å². The molecule has 0 aromatic rings. The van der Waals surface area contributed by atoms with Crippen LogP contribution in [0.5, 0.6) is 0 Å². The van der Waals surface area contributed by atoms with E-state index in [-0.39, 0.29) is 66.0 Å². The third kappa shape index (κ3) is 10.5. The van der Waals surface area contributed by atoms with E-state index in [9.17, 15) is 0 Å². The molecule has 0 heterocycles. The van der Waals surface area contributed by atoms with Gasteiger partial charge in [0.15, 0.2) is 0 Å². The van der Waals surface area contributed by atoms with Gasteiger partial charge in [-0.05, 0) is 0 Å². The Balaban J connectivity index is -0.000000180. The van der Waals surface area contributed by atoms with Gasteiger partial charge in [0, 0.05) is 13.1 Å². The first-order chi connectivity index (χ1) is 3.41. The van der Waals surface area contributed by atoms with Crippen LogP contribution in [0, 0.1) is 0 Å². The van der Waals surface area contributed by atoms with Crippen molar-refractivity contribution in [3.63, 3.8) is 0 Å². The van der Waals surface area contributed by atoms with Crippen LogP contribution in [0.1, 0.15) is 1.43 Å². The minimum Gasteiger partial charge on any atom is -1.00 e. The zero-order valence-electron chi connectivity index (χ0n) is 6.22. The van der Waals surface area contributed by atoms with Gasteiger partial charge in [0.25, 0.3) is 0 Å². The van der Waals surface area contributed by atoms with Gasteiger partial charge in [-0.1, -0.05) is 0 Å². The van der Waals surface area contributed by atoms with Crippen molar-refractivity contribution in [1.82, 2.24) is 5.32 Å². The van der Waals surface area contributed by atoms with E-state index in [2.05, 4.69) is 5.32 Å². The number of rotatable bonds is 4. The van der Waals surface area contributed by atoms with Crippen molar-refractivity contribution in [2.75, 3.05) is 26.3 Å². The first-order valence-corrected chi connectivity index (χ1v) is 2.34. The van der Waals surface area contributed by atoms with Gasteiger partial charge >= 0.3 is 51.4 Å². The molecule has 3 N–H and O–H groups in total. The molecular formula is C4H12KNO2. The standard InChI is InChI=1S/C4H11NO2.K.H/c6-3-1-5-2-4-7;;/h5-7H,1-4H2;;/q;+1;-1. The average Bonchev–Trinajstić information content (AvgIpc) is 1.69. The molecule has 0 spiro atoms. The first-order valence-electron chi connectivity index (χ1n) is 2.34. The maximum absolute atomic E-state index is 8.15. The summed E-state index contributed by atoms with van der Waals surface area (Å²) in [6.07, 6.45) is 0. The summed E-state index contributed by atoms with van der Waals surface area (Å²) in [6, 6.07) is 0. The van der Waals surface area contributed by atoms with E-state index in [4.69, 9.17) is 10.2 Å². The van der Waals surface area contributed by atoms with Gasteiger partial charge in [0.05, 0.1) is 13.2 Å². The molecule has 46 valence electrons. The quantitative estimate of drug-likeness (QED) is 0.277. The molecule has 3 nitrogen and oxygen atoms in total. The number of aliphatic hydroxyl groups is 2. The topological polar surface area (TPSA) is 52.5 Å². The maximum atomic E-state index is 8.15. The summed E-state index contributed by atoms with van der Waals surface area (Å²) in [5.74, 6) is 0. The summed E-state index contributed by atoms with van der Waals surface area (Å²) in [5, 5.41) is 19.1. The molecule has 0 unspecified atom stereocenters. The molecule has 0 radical (unpaired) electrons. The molecule has 0 aliphatic carbocycles. The minimum atomic E-state index is 0. The Labute approximate surface area is 93.4 Å². The molecule has 0 bridgehead atoms. The molecule has 0 aromatic heterocycles. The van der Waals surface area contributed by atoms with E-state index in [1.54, 1.807) is 0 Å². The summed E-state index contributed by atoms with van der Waals surface area (Å²) >= 11 is 0. The number of nitrogens with one attached hydrogen (secondary N) is 1. The molecule has 8 heavy (non-hydrogen) atoms. The number of hydrogen-bond donors (Lipinski definition) is 3. The van der Waals surface area contributed by atoms with E-state index in [0.717, 1.165) is 0 Å². The number of aliphatic hydroxyl groups excluding tert-OH is 2. The third-order valence-corrected chi connectivity index (χ3v) is 0.577. The van der Waals surface area contributed by atoms with E-state index in [0.29, 0.717) is 13.1 Å². The molecule has 0 aliphatic rings. The molecule has 0 aromatic carbocycles. The summed E-state index contributed by atoms with van der Waals surface area (Å²) in [6.45, 7) is 1.42. The van der Waals surface area contributed by atoms with Crippen LogP contribution in [-0.2, 0) is 0 Å². The van der Waals surface area contributed by atoms with Gasteiger partial charge in [0.1, 0.15) is 0 Å². The molecule has 0 saturated heterocycles. The van der Waals surface area contributed by atoms with Crippen LogP contribution in [0.25, 0.3) is 0 Å². The van der Waals surface area contributed by atoms with Gasteiger partial charge in [0.2, 0.25) is 0 Å².